The first kappa shape index (κ1) is 29.5. The van der Waals surface area contributed by atoms with Gasteiger partial charge in [-0.3, -0.25) is 0 Å². The van der Waals surface area contributed by atoms with Crippen molar-refractivity contribution in [3.05, 3.63) is 188 Å². The molecule has 53 heavy (non-hydrogen) atoms. The summed E-state index contributed by atoms with van der Waals surface area (Å²) in [5.74, 6) is 0. The van der Waals surface area contributed by atoms with Crippen LogP contribution in [0.5, 0.6) is 0 Å². The molecule has 0 aliphatic carbocycles. The summed E-state index contributed by atoms with van der Waals surface area (Å²) in [5.41, 5.74) is 11.2. The smallest absolute Gasteiger partial charge is 0.0992 e. The van der Waals surface area contributed by atoms with E-state index in [0.717, 1.165) is 27.7 Å². The molecule has 0 atom stereocenters. The minimum absolute atomic E-state index is 0.658. The van der Waals surface area contributed by atoms with Crippen molar-refractivity contribution in [2.45, 2.75) is 0 Å². The van der Waals surface area contributed by atoms with Gasteiger partial charge in [0.05, 0.1) is 22.7 Å². The lowest BCUT2D eigenvalue weighted by Crippen LogP contribution is -1.93. The molecule has 0 fully saturated rings. The molecule has 0 N–H and O–H groups in total. The highest BCUT2D eigenvalue weighted by atomic mass is 15.0. The minimum atomic E-state index is 0.658. The van der Waals surface area contributed by atoms with Crippen LogP contribution in [0.3, 0.4) is 0 Å². The summed E-state index contributed by atoms with van der Waals surface area (Å²) in [6, 6.07) is 68.1. The molecule has 2 nitrogen and oxygen atoms in total. The molecule has 1 heterocycles. The van der Waals surface area contributed by atoms with Crippen molar-refractivity contribution in [3.8, 4) is 45.1 Å². The molecule has 0 saturated heterocycles. The van der Waals surface area contributed by atoms with Crippen LogP contribution in [0, 0.1) is 11.3 Å². The molecule has 244 valence electrons. The van der Waals surface area contributed by atoms with Gasteiger partial charge in [-0.15, -0.1) is 0 Å². The highest BCUT2D eigenvalue weighted by Crippen LogP contribution is 2.43. The summed E-state index contributed by atoms with van der Waals surface area (Å²) in [6.45, 7) is 0. The normalized spacial score (nSPS) is 11.8. The maximum absolute atomic E-state index is 9.69. The van der Waals surface area contributed by atoms with Gasteiger partial charge in [0, 0.05) is 16.5 Å². The van der Waals surface area contributed by atoms with Crippen LogP contribution in [0.1, 0.15) is 5.56 Å². The molecule has 0 bridgehead atoms. The van der Waals surface area contributed by atoms with Gasteiger partial charge in [-0.25, -0.2) is 0 Å². The third kappa shape index (κ3) is 4.51. The zero-order valence-electron chi connectivity index (χ0n) is 28.7. The number of rotatable bonds is 4. The molecule has 0 amide bonds. The summed E-state index contributed by atoms with van der Waals surface area (Å²) in [7, 11) is 0. The topological polar surface area (TPSA) is 28.7 Å². The number of para-hydroxylation sites is 1. The Kier molecular flexibility index (Phi) is 6.35. The average Bonchev–Trinajstić information content (AvgIpc) is 3.55. The van der Waals surface area contributed by atoms with Crippen molar-refractivity contribution < 1.29 is 0 Å². The number of benzene rings is 10. The largest absolute Gasteiger partial charge is 0.309 e. The maximum Gasteiger partial charge on any atom is 0.0992 e. The van der Waals surface area contributed by atoms with Gasteiger partial charge in [-0.1, -0.05) is 140 Å². The summed E-state index contributed by atoms with van der Waals surface area (Å²) in [6.07, 6.45) is 0. The molecule has 10 aromatic carbocycles. The van der Waals surface area contributed by atoms with E-state index in [9.17, 15) is 5.26 Å². The third-order valence-corrected chi connectivity index (χ3v) is 11.1. The molecule has 0 saturated carbocycles. The monoisotopic (exact) mass is 670 g/mol. The molecule has 0 aliphatic heterocycles. The number of nitriles is 1. The van der Waals surface area contributed by atoms with Crippen LogP contribution in [0.25, 0.3) is 104 Å². The van der Waals surface area contributed by atoms with Gasteiger partial charge in [-0.2, -0.15) is 5.26 Å². The number of hydrogen-bond acceptors (Lipinski definition) is 1. The highest BCUT2D eigenvalue weighted by Gasteiger charge is 2.17. The standard InChI is InChI=1S/C51H30N2/c52-31-32-11-21-44-45-24-20-39(30-49(45)53(48(44)27-32)41-9-5-2-6-10-41)37-12-13-38-29-40(15-14-36(38)28-37)43-23-17-35-18-25-46-42(33-7-3-1-4-8-33)22-16-34-19-26-47(43)51(35)50(34)46/h1-30H. The fraction of sp³-hybridized carbons (Fsp3) is 0. The molecule has 11 aromatic rings. The van der Waals surface area contributed by atoms with E-state index in [2.05, 4.69) is 174 Å². The van der Waals surface area contributed by atoms with E-state index in [1.807, 2.05) is 18.2 Å². The maximum atomic E-state index is 9.69. The number of nitrogens with zero attached hydrogens (tertiary/aromatic N) is 2. The molecule has 0 radical (unpaired) electrons. The molecule has 11 rings (SSSR count). The molecular formula is C51H30N2. The van der Waals surface area contributed by atoms with Crippen molar-refractivity contribution in [2.24, 2.45) is 0 Å². The van der Waals surface area contributed by atoms with E-state index >= 15 is 0 Å². The van der Waals surface area contributed by atoms with Crippen molar-refractivity contribution in [2.75, 3.05) is 0 Å². The Hall–Kier alpha value is -7.21. The fourth-order valence-electron chi connectivity index (χ4n) is 8.64. The van der Waals surface area contributed by atoms with Crippen molar-refractivity contribution in [3.63, 3.8) is 0 Å². The second-order valence-electron chi connectivity index (χ2n) is 14.0. The van der Waals surface area contributed by atoms with Crippen LogP contribution in [-0.4, -0.2) is 4.57 Å². The first-order valence-electron chi connectivity index (χ1n) is 18.1. The zero-order chi connectivity index (χ0) is 35.0. The fourth-order valence-corrected chi connectivity index (χ4v) is 8.64. The Morgan fingerprint density at radius 1 is 0.358 bits per heavy atom. The van der Waals surface area contributed by atoms with E-state index in [1.165, 1.54) is 76.3 Å². The number of aromatic nitrogens is 1. The number of fused-ring (bicyclic) bond motifs is 4. The molecule has 0 unspecified atom stereocenters. The van der Waals surface area contributed by atoms with E-state index < -0.39 is 0 Å². The van der Waals surface area contributed by atoms with E-state index in [0.29, 0.717) is 5.56 Å². The van der Waals surface area contributed by atoms with Gasteiger partial charge in [0.25, 0.3) is 0 Å². The molecular weight excluding hydrogens is 641 g/mol. The Bertz CT molecular complexity index is 3270. The molecule has 2 heteroatoms. The highest BCUT2D eigenvalue weighted by molar-refractivity contribution is 6.27. The van der Waals surface area contributed by atoms with Crippen molar-refractivity contribution >= 4 is 64.9 Å². The lowest BCUT2D eigenvalue weighted by atomic mass is 9.87. The lowest BCUT2D eigenvalue weighted by Gasteiger charge is -2.17. The van der Waals surface area contributed by atoms with Gasteiger partial charge < -0.3 is 4.57 Å². The van der Waals surface area contributed by atoms with Crippen molar-refractivity contribution in [1.29, 1.82) is 5.26 Å². The third-order valence-electron chi connectivity index (χ3n) is 11.1. The second kappa shape index (κ2) is 11.4. The quantitative estimate of drug-likeness (QED) is 0.171. The van der Waals surface area contributed by atoms with Crippen LogP contribution < -0.4 is 0 Å². The SMILES string of the molecule is N#Cc1ccc2c3ccc(-c4ccc5cc(-c6ccc7ccc8c(-c9ccccc9)ccc9ccc6c7c98)ccc5c4)cc3n(-c3ccccc3)c2c1. The Morgan fingerprint density at radius 2 is 0.849 bits per heavy atom. The summed E-state index contributed by atoms with van der Waals surface area (Å²) < 4.78 is 2.28. The van der Waals surface area contributed by atoms with Crippen molar-refractivity contribution in [1.82, 2.24) is 4.57 Å². The van der Waals surface area contributed by atoms with Crippen LogP contribution in [0.2, 0.25) is 0 Å². The predicted octanol–water partition coefficient (Wildman–Crippen LogP) is 13.7. The van der Waals surface area contributed by atoms with E-state index in [-0.39, 0.29) is 0 Å². The predicted molar refractivity (Wildman–Crippen MR) is 223 cm³/mol. The molecule has 0 spiro atoms. The van der Waals surface area contributed by atoms with Crippen LogP contribution >= 0.6 is 0 Å². The minimum Gasteiger partial charge on any atom is -0.309 e. The second-order valence-corrected chi connectivity index (χ2v) is 14.0. The zero-order valence-corrected chi connectivity index (χ0v) is 28.7. The Labute approximate surface area is 306 Å². The van der Waals surface area contributed by atoms with E-state index in [1.54, 1.807) is 0 Å². The van der Waals surface area contributed by atoms with E-state index in [4.69, 9.17) is 0 Å². The first-order valence-corrected chi connectivity index (χ1v) is 18.1. The number of hydrogen-bond donors (Lipinski definition) is 0. The Balaban J connectivity index is 1.03. The van der Waals surface area contributed by atoms with Gasteiger partial charge in [0.1, 0.15) is 0 Å². The van der Waals surface area contributed by atoms with Crippen LogP contribution in [0.15, 0.2) is 182 Å². The molecule has 1 aromatic heterocycles. The Morgan fingerprint density at radius 3 is 1.53 bits per heavy atom. The first-order chi connectivity index (χ1) is 26.2. The van der Waals surface area contributed by atoms with Crippen LogP contribution in [-0.2, 0) is 0 Å². The average molecular weight is 671 g/mol. The van der Waals surface area contributed by atoms with Crippen LogP contribution in [0.4, 0.5) is 0 Å². The summed E-state index contributed by atoms with van der Waals surface area (Å²) in [5, 5.41) is 22.2. The van der Waals surface area contributed by atoms with Gasteiger partial charge in [0.2, 0.25) is 0 Å². The van der Waals surface area contributed by atoms with Gasteiger partial charge >= 0.3 is 0 Å². The van der Waals surface area contributed by atoms with Gasteiger partial charge in [-0.05, 0) is 119 Å². The lowest BCUT2D eigenvalue weighted by molar-refractivity contribution is 1.18. The summed E-state index contributed by atoms with van der Waals surface area (Å²) >= 11 is 0. The van der Waals surface area contributed by atoms with Gasteiger partial charge in [0.15, 0.2) is 0 Å². The summed E-state index contributed by atoms with van der Waals surface area (Å²) in [4.78, 5) is 0. The molecule has 0 aliphatic rings.